The quantitative estimate of drug-likeness (QED) is 0.699. The highest BCUT2D eigenvalue weighted by atomic mass is 16.6. The minimum absolute atomic E-state index is 0.0905. The number of carbonyl (C=O) groups excluding carboxylic acids is 2. The van der Waals surface area contributed by atoms with E-state index in [1.807, 2.05) is 60.7 Å². The van der Waals surface area contributed by atoms with E-state index in [-0.39, 0.29) is 32.1 Å². The van der Waals surface area contributed by atoms with E-state index in [0.29, 0.717) is 13.1 Å². The Labute approximate surface area is 153 Å². The molecule has 0 unspecified atom stereocenters. The monoisotopic (exact) mass is 356 g/mol. The molecule has 2 aromatic carbocycles. The summed E-state index contributed by atoms with van der Waals surface area (Å²) in [5.41, 5.74) is 7.37. The van der Waals surface area contributed by atoms with Crippen molar-refractivity contribution in [3.8, 4) is 0 Å². The summed E-state index contributed by atoms with van der Waals surface area (Å²) in [6, 6.07) is 18.8. The summed E-state index contributed by atoms with van der Waals surface area (Å²) in [5.74, 6) is -0.369. The SMILES string of the molecule is NCCN(CCC(=O)OCc1ccccc1)C(=O)OCc1ccccc1. The van der Waals surface area contributed by atoms with Gasteiger partial charge < -0.3 is 20.1 Å². The first-order chi connectivity index (χ1) is 12.7. The highest BCUT2D eigenvalue weighted by Crippen LogP contribution is 2.05. The summed E-state index contributed by atoms with van der Waals surface area (Å²) < 4.78 is 10.5. The fraction of sp³-hybridized carbons (Fsp3) is 0.300. The third-order valence-electron chi connectivity index (χ3n) is 3.69. The van der Waals surface area contributed by atoms with Gasteiger partial charge in [0.2, 0.25) is 0 Å². The Hall–Kier alpha value is -2.86. The van der Waals surface area contributed by atoms with Crippen LogP contribution >= 0.6 is 0 Å². The zero-order valence-corrected chi connectivity index (χ0v) is 14.7. The fourth-order valence-electron chi connectivity index (χ4n) is 2.30. The normalized spacial score (nSPS) is 10.2. The average molecular weight is 356 g/mol. The topological polar surface area (TPSA) is 81.9 Å². The minimum Gasteiger partial charge on any atom is -0.461 e. The molecule has 0 aliphatic rings. The van der Waals surface area contributed by atoms with Gasteiger partial charge in [0.1, 0.15) is 13.2 Å². The highest BCUT2D eigenvalue weighted by Gasteiger charge is 2.16. The van der Waals surface area contributed by atoms with E-state index in [1.165, 1.54) is 4.90 Å². The van der Waals surface area contributed by atoms with Crippen LogP contribution in [-0.2, 0) is 27.5 Å². The Kier molecular flexibility index (Phi) is 8.15. The maximum Gasteiger partial charge on any atom is 0.410 e. The maximum atomic E-state index is 12.2. The molecular weight excluding hydrogens is 332 g/mol. The zero-order valence-electron chi connectivity index (χ0n) is 14.7. The van der Waals surface area contributed by atoms with Crippen LogP contribution in [0.25, 0.3) is 0 Å². The predicted octanol–water partition coefficient (Wildman–Crippen LogP) is 2.72. The lowest BCUT2D eigenvalue weighted by molar-refractivity contribution is -0.145. The standard InChI is InChI=1S/C20H24N2O4/c21-12-14-22(20(24)26-16-18-9-5-2-6-10-18)13-11-19(23)25-15-17-7-3-1-4-8-17/h1-10H,11-16,21H2. The number of nitrogens with two attached hydrogens (primary N) is 1. The number of nitrogens with zero attached hydrogens (tertiary/aromatic N) is 1. The van der Waals surface area contributed by atoms with Crippen molar-refractivity contribution in [1.29, 1.82) is 0 Å². The number of benzene rings is 2. The number of ether oxygens (including phenoxy) is 2. The van der Waals surface area contributed by atoms with Crippen LogP contribution < -0.4 is 5.73 Å². The van der Waals surface area contributed by atoms with Gasteiger partial charge in [0, 0.05) is 19.6 Å². The van der Waals surface area contributed by atoms with Gasteiger partial charge in [-0.1, -0.05) is 60.7 Å². The molecule has 6 heteroatoms. The maximum absolute atomic E-state index is 12.2. The zero-order chi connectivity index (χ0) is 18.6. The van der Waals surface area contributed by atoms with Gasteiger partial charge in [-0.25, -0.2) is 4.79 Å². The first-order valence-electron chi connectivity index (χ1n) is 8.54. The Morgan fingerprint density at radius 3 is 1.88 bits per heavy atom. The molecule has 0 heterocycles. The van der Waals surface area contributed by atoms with E-state index in [4.69, 9.17) is 15.2 Å². The van der Waals surface area contributed by atoms with Crippen molar-refractivity contribution in [3.63, 3.8) is 0 Å². The molecule has 2 rings (SSSR count). The molecule has 0 saturated carbocycles. The number of esters is 1. The second-order valence-electron chi connectivity index (χ2n) is 5.71. The van der Waals surface area contributed by atoms with E-state index in [9.17, 15) is 9.59 Å². The van der Waals surface area contributed by atoms with Crippen LogP contribution in [0, 0.1) is 0 Å². The van der Waals surface area contributed by atoms with Gasteiger partial charge in [-0.3, -0.25) is 4.79 Å². The van der Waals surface area contributed by atoms with Gasteiger partial charge in [-0.2, -0.15) is 0 Å². The molecule has 0 saturated heterocycles. The van der Waals surface area contributed by atoms with Crippen molar-refractivity contribution in [2.24, 2.45) is 5.73 Å². The molecule has 6 nitrogen and oxygen atoms in total. The summed E-state index contributed by atoms with van der Waals surface area (Å²) in [4.78, 5) is 25.5. The molecule has 0 radical (unpaired) electrons. The lowest BCUT2D eigenvalue weighted by Gasteiger charge is -2.21. The number of rotatable bonds is 9. The molecule has 0 atom stereocenters. The van der Waals surface area contributed by atoms with Crippen molar-refractivity contribution in [2.75, 3.05) is 19.6 Å². The number of amides is 1. The highest BCUT2D eigenvalue weighted by molar-refractivity contribution is 5.72. The van der Waals surface area contributed by atoms with Crippen molar-refractivity contribution >= 4 is 12.1 Å². The van der Waals surface area contributed by atoms with Gasteiger partial charge in [-0.15, -0.1) is 0 Å². The lowest BCUT2D eigenvalue weighted by Crippen LogP contribution is -2.37. The molecule has 0 aliphatic carbocycles. The molecule has 0 bridgehead atoms. The van der Waals surface area contributed by atoms with Crippen molar-refractivity contribution in [1.82, 2.24) is 4.90 Å². The van der Waals surface area contributed by atoms with E-state index in [0.717, 1.165) is 11.1 Å². The van der Waals surface area contributed by atoms with Crippen LogP contribution in [0.1, 0.15) is 17.5 Å². The van der Waals surface area contributed by atoms with E-state index in [1.54, 1.807) is 0 Å². The number of hydrogen-bond donors (Lipinski definition) is 1. The fourth-order valence-corrected chi connectivity index (χ4v) is 2.30. The predicted molar refractivity (Wildman–Crippen MR) is 98.1 cm³/mol. The van der Waals surface area contributed by atoms with Gasteiger partial charge in [0.25, 0.3) is 0 Å². The van der Waals surface area contributed by atoms with Gasteiger partial charge in [0.15, 0.2) is 0 Å². The first-order valence-corrected chi connectivity index (χ1v) is 8.54. The molecule has 26 heavy (non-hydrogen) atoms. The summed E-state index contributed by atoms with van der Waals surface area (Å²) in [6.45, 7) is 1.21. The molecule has 2 N–H and O–H groups in total. The molecule has 0 fully saturated rings. The molecule has 2 aromatic rings. The number of hydrogen-bond acceptors (Lipinski definition) is 5. The third kappa shape index (κ3) is 6.94. The van der Waals surface area contributed by atoms with Crippen molar-refractivity contribution in [3.05, 3.63) is 71.8 Å². The van der Waals surface area contributed by atoms with Crippen LogP contribution in [0.15, 0.2) is 60.7 Å². The second-order valence-corrected chi connectivity index (χ2v) is 5.71. The summed E-state index contributed by atoms with van der Waals surface area (Å²) in [7, 11) is 0. The average Bonchev–Trinajstić information content (AvgIpc) is 2.69. The molecule has 0 aliphatic heterocycles. The molecular formula is C20H24N2O4. The Bertz CT molecular complexity index is 677. The second kappa shape index (κ2) is 10.9. The first kappa shape index (κ1) is 19.5. The summed E-state index contributed by atoms with van der Waals surface area (Å²) in [5, 5.41) is 0. The van der Waals surface area contributed by atoms with E-state index in [2.05, 4.69) is 0 Å². The summed E-state index contributed by atoms with van der Waals surface area (Å²) >= 11 is 0. The van der Waals surface area contributed by atoms with Crippen LogP contribution in [0.5, 0.6) is 0 Å². The van der Waals surface area contributed by atoms with Crippen molar-refractivity contribution < 1.29 is 19.1 Å². The molecule has 0 aromatic heterocycles. The van der Waals surface area contributed by atoms with E-state index < -0.39 is 6.09 Å². The summed E-state index contributed by atoms with van der Waals surface area (Å²) in [6.07, 6.45) is -0.400. The Morgan fingerprint density at radius 2 is 1.35 bits per heavy atom. The van der Waals surface area contributed by atoms with Gasteiger partial charge in [0.05, 0.1) is 6.42 Å². The number of carbonyl (C=O) groups is 2. The Balaban J connectivity index is 1.75. The largest absolute Gasteiger partial charge is 0.461 e. The van der Waals surface area contributed by atoms with Crippen LogP contribution in [0.3, 0.4) is 0 Å². The van der Waals surface area contributed by atoms with E-state index >= 15 is 0 Å². The van der Waals surface area contributed by atoms with Gasteiger partial charge in [-0.05, 0) is 11.1 Å². The smallest absolute Gasteiger partial charge is 0.410 e. The van der Waals surface area contributed by atoms with Gasteiger partial charge >= 0.3 is 12.1 Å². The van der Waals surface area contributed by atoms with Crippen molar-refractivity contribution in [2.45, 2.75) is 19.6 Å². The third-order valence-corrected chi connectivity index (χ3v) is 3.69. The Morgan fingerprint density at radius 1 is 0.808 bits per heavy atom. The molecule has 138 valence electrons. The lowest BCUT2D eigenvalue weighted by atomic mass is 10.2. The van der Waals surface area contributed by atoms with Crippen LogP contribution in [0.2, 0.25) is 0 Å². The molecule has 0 spiro atoms. The van der Waals surface area contributed by atoms with Crippen LogP contribution in [-0.4, -0.2) is 36.6 Å². The molecule has 1 amide bonds. The van der Waals surface area contributed by atoms with Crippen LogP contribution in [0.4, 0.5) is 4.79 Å². The minimum atomic E-state index is -0.491.